The van der Waals surface area contributed by atoms with Crippen LogP contribution in [0.2, 0.25) is 0 Å². The van der Waals surface area contributed by atoms with E-state index in [1.165, 1.54) is 12.8 Å². The van der Waals surface area contributed by atoms with Gasteiger partial charge in [0.2, 0.25) is 0 Å². The number of hydrogen-bond donors (Lipinski definition) is 2. The molecule has 0 atom stereocenters. The molecule has 18 heavy (non-hydrogen) atoms. The van der Waals surface area contributed by atoms with Gasteiger partial charge in [-0.15, -0.1) is 11.3 Å². The highest BCUT2D eigenvalue weighted by atomic mass is 79.9. The Labute approximate surface area is 117 Å². The van der Waals surface area contributed by atoms with Gasteiger partial charge in [0.1, 0.15) is 5.82 Å². The zero-order valence-electron chi connectivity index (χ0n) is 9.57. The molecule has 1 fully saturated rings. The normalized spacial score (nSPS) is 14.9. The van der Waals surface area contributed by atoms with Crippen LogP contribution in [0.4, 0.5) is 0 Å². The molecule has 1 aliphatic carbocycles. The molecule has 2 N–H and O–H groups in total. The van der Waals surface area contributed by atoms with E-state index in [1.807, 2.05) is 12.1 Å². The minimum absolute atomic E-state index is 0.0577. The predicted molar refractivity (Wildman–Crippen MR) is 75.7 cm³/mol. The summed E-state index contributed by atoms with van der Waals surface area (Å²) in [6.07, 6.45) is 4.09. The summed E-state index contributed by atoms with van der Waals surface area (Å²) in [7, 11) is 0. The van der Waals surface area contributed by atoms with E-state index in [4.69, 9.17) is 0 Å². The molecule has 0 unspecified atom stereocenters. The lowest BCUT2D eigenvalue weighted by molar-refractivity contribution is 0.679. The maximum absolute atomic E-state index is 11.9. The van der Waals surface area contributed by atoms with Crippen LogP contribution in [0.5, 0.6) is 0 Å². The maximum Gasteiger partial charge on any atom is 0.255 e. The highest BCUT2D eigenvalue weighted by Crippen LogP contribution is 2.28. The van der Waals surface area contributed by atoms with Crippen molar-refractivity contribution in [2.24, 2.45) is 0 Å². The first-order valence-corrected chi connectivity index (χ1v) is 7.40. The van der Waals surface area contributed by atoms with Crippen molar-refractivity contribution in [2.75, 3.05) is 0 Å². The highest BCUT2D eigenvalue weighted by Gasteiger charge is 2.20. The topological polar surface area (TPSA) is 57.8 Å². The summed E-state index contributed by atoms with van der Waals surface area (Å²) in [5.74, 6) is 0.630. The van der Waals surface area contributed by atoms with Crippen LogP contribution in [-0.2, 0) is 6.54 Å². The molecule has 0 radical (unpaired) electrons. The number of halogens is 1. The van der Waals surface area contributed by atoms with Crippen molar-refractivity contribution in [3.63, 3.8) is 0 Å². The third kappa shape index (κ3) is 2.71. The molecular weight excluding hydrogens is 314 g/mol. The third-order valence-corrected chi connectivity index (χ3v) is 4.47. The molecule has 0 amide bonds. The van der Waals surface area contributed by atoms with Crippen molar-refractivity contribution in [1.82, 2.24) is 15.3 Å². The first-order chi connectivity index (χ1) is 8.72. The number of aromatic amines is 1. The van der Waals surface area contributed by atoms with Crippen LogP contribution in [0, 0.1) is 0 Å². The molecule has 0 saturated heterocycles. The number of hydrogen-bond acceptors (Lipinski definition) is 4. The second-order valence-corrected chi connectivity index (χ2v) is 6.81. The van der Waals surface area contributed by atoms with E-state index in [9.17, 15) is 4.79 Å². The van der Waals surface area contributed by atoms with Gasteiger partial charge >= 0.3 is 0 Å². The molecule has 0 aliphatic heterocycles. The summed E-state index contributed by atoms with van der Waals surface area (Å²) in [4.78, 5) is 20.0. The summed E-state index contributed by atoms with van der Waals surface area (Å²) in [6.45, 7) is 0.599. The van der Waals surface area contributed by atoms with Gasteiger partial charge in [0.15, 0.2) is 0 Å². The Morgan fingerprint density at radius 1 is 1.50 bits per heavy atom. The van der Waals surface area contributed by atoms with Gasteiger partial charge in [-0.3, -0.25) is 4.79 Å². The number of nitrogens with zero attached hydrogens (tertiary/aromatic N) is 1. The molecule has 0 bridgehead atoms. The smallest absolute Gasteiger partial charge is 0.255 e. The summed E-state index contributed by atoms with van der Waals surface area (Å²) in [5.41, 5.74) is 0.638. The number of thiophene rings is 1. The second kappa shape index (κ2) is 4.95. The van der Waals surface area contributed by atoms with Crippen LogP contribution >= 0.6 is 27.3 Å². The van der Waals surface area contributed by atoms with Gasteiger partial charge in [-0.2, -0.15) is 0 Å². The quantitative estimate of drug-likeness (QED) is 0.908. The molecule has 6 heteroatoms. The molecule has 1 aliphatic rings. The van der Waals surface area contributed by atoms with Crippen LogP contribution < -0.4 is 10.9 Å². The van der Waals surface area contributed by atoms with E-state index in [0.29, 0.717) is 24.0 Å². The first kappa shape index (κ1) is 12.1. The molecular formula is C12H12BrN3OS. The fraction of sp³-hybridized carbons (Fsp3) is 0.333. The minimum atomic E-state index is -0.0577. The largest absolute Gasteiger partial charge is 0.310 e. The van der Waals surface area contributed by atoms with Gasteiger partial charge < -0.3 is 10.3 Å². The molecule has 94 valence electrons. The van der Waals surface area contributed by atoms with E-state index in [1.54, 1.807) is 17.5 Å². The molecule has 3 rings (SSSR count). The minimum Gasteiger partial charge on any atom is -0.310 e. The lowest BCUT2D eigenvalue weighted by Gasteiger charge is -2.02. The van der Waals surface area contributed by atoms with Crippen LogP contribution in [0.1, 0.15) is 18.4 Å². The molecule has 0 aromatic carbocycles. The lowest BCUT2D eigenvalue weighted by atomic mass is 10.3. The van der Waals surface area contributed by atoms with E-state index in [-0.39, 0.29) is 5.56 Å². The zero-order chi connectivity index (χ0) is 12.5. The molecule has 0 spiro atoms. The zero-order valence-corrected chi connectivity index (χ0v) is 12.0. The highest BCUT2D eigenvalue weighted by molar-refractivity contribution is 9.11. The average molecular weight is 326 g/mol. The SMILES string of the molecule is O=c1[nH]c(-c2ccc(Br)s2)ncc1CNC1CC1. The van der Waals surface area contributed by atoms with Crippen molar-refractivity contribution < 1.29 is 0 Å². The predicted octanol–water partition coefficient (Wildman–Crippen LogP) is 2.51. The van der Waals surface area contributed by atoms with Gasteiger partial charge in [0, 0.05) is 24.3 Å². The Morgan fingerprint density at radius 2 is 2.33 bits per heavy atom. The molecule has 2 aromatic rings. The van der Waals surface area contributed by atoms with E-state index < -0.39 is 0 Å². The second-order valence-electron chi connectivity index (χ2n) is 4.35. The third-order valence-electron chi connectivity index (χ3n) is 2.84. The summed E-state index contributed by atoms with van der Waals surface area (Å²) in [5, 5.41) is 3.31. The van der Waals surface area contributed by atoms with Gasteiger partial charge in [-0.1, -0.05) is 0 Å². The van der Waals surface area contributed by atoms with Crippen LogP contribution in [0.25, 0.3) is 10.7 Å². The van der Waals surface area contributed by atoms with E-state index >= 15 is 0 Å². The number of aromatic nitrogens is 2. The average Bonchev–Trinajstić information content (AvgIpc) is 3.08. The van der Waals surface area contributed by atoms with Crippen molar-refractivity contribution in [3.8, 4) is 10.7 Å². The number of rotatable bonds is 4. The molecule has 4 nitrogen and oxygen atoms in total. The van der Waals surface area contributed by atoms with Crippen molar-refractivity contribution in [2.45, 2.75) is 25.4 Å². The lowest BCUT2D eigenvalue weighted by Crippen LogP contribution is -2.23. The Kier molecular flexibility index (Phi) is 3.32. The fourth-order valence-corrected chi connectivity index (χ4v) is 2.99. The first-order valence-electron chi connectivity index (χ1n) is 5.79. The maximum atomic E-state index is 11.9. The Bertz CT molecular complexity index is 618. The van der Waals surface area contributed by atoms with E-state index in [2.05, 4.69) is 31.2 Å². The Balaban J connectivity index is 1.81. The number of nitrogens with one attached hydrogen (secondary N) is 2. The Morgan fingerprint density at radius 3 is 2.94 bits per heavy atom. The molecule has 2 aromatic heterocycles. The van der Waals surface area contributed by atoms with Gasteiger partial charge in [-0.25, -0.2) is 4.98 Å². The fourth-order valence-electron chi connectivity index (χ4n) is 1.66. The molecule has 2 heterocycles. The monoisotopic (exact) mass is 325 g/mol. The van der Waals surface area contributed by atoms with Gasteiger partial charge in [-0.05, 0) is 40.9 Å². The van der Waals surface area contributed by atoms with Crippen LogP contribution in [0.15, 0.2) is 26.9 Å². The molecule has 1 saturated carbocycles. The van der Waals surface area contributed by atoms with Gasteiger partial charge in [0.25, 0.3) is 5.56 Å². The van der Waals surface area contributed by atoms with E-state index in [0.717, 1.165) is 8.66 Å². The summed E-state index contributed by atoms with van der Waals surface area (Å²) >= 11 is 4.95. The number of H-pyrrole nitrogens is 1. The standard InChI is InChI=1S/C12H12BrN3OS/c13-10-4-3-9(18-10)11-15-6-7(12(17)16-11)5-14-8-1-2-8/h3-4,6,8,14H,1-2,5H2,(H,15,16,17). The summed E-state index contributed by atoms with van der Waals surface area (Å²) in [6, 6.07) is 4.48. The Hall–Kier alpha value is -0.980. The summed E-state index contributed by atoms with van der Waals surface area (Å²) < 4.78 is 1.03. The van der Waals surface area contributed by atoms with Crippen molar-refractivity contribution in [1.29, 1.82) is 0 Å². The van der Waals surface area contributed by atoms with Crippen LogP contribution in [0.3, 0.4) is 0 Å². The van der Waals surface area contributed by atoms with Crippen molar-refractivity contribution >= 4 is 27.3 Å². The van der Waals surface area contributed by atoms with Crippen LogP contribution in [-0.4, -0.2) is 16.0 Å². The van der Waals surface area contributed by atoms with Gasteiger partial charge in [0.05, 0.1) is 8.66 Å². The van der Waals surface area contributed by atoms with Crippen molar-refractivity contribution in [3.05, 3.63) is 38.0 Å².